The molecule has 0 spiro atoms. The highest BCUT2D eigenvalue weighted by molar-refractivity contribution is 7.89. The third kappa shape index (κ3) is 3.98. The van der Waals surface area contributed by atoms with E-state index in [2.05, 4.69) is 9.71 Å². The summed E-state index contributed by atoms with van der Waals surface area (Å²) in [7, 11) is -4.08. The van der Waals surface area contributed by atoms with Gasteiger partial charge in [-0.2, -0.15) is 4.72 Å². The van der Waals surface area contributed by atoms with E-state index in [1.54, 1.807) is 24.4 Å². The molecule has 4 rings (SSSR count). The Balaban J connectivity index is 1.67. The Hall–Kier alpha value is -3.42. The van der Waals surface area contributed by atoms with Gasteiger partial charge in [-0.25, -0.2) is 8.42 Å². The summed E-state index contributed by atoms with van der Waals surface area (Å²) in [5, 5.41) is 10.6. The second-order valence-electron chi connectivity index (χ2n) is 6.94. The number of hydrogen-bond donors (Lipinski definition) is 3. The molecule has 152 valence electrons. The Morgan fingerprint density at radius 3 is 2.37 bits per heavy atom. The number of H-pyrrole nitrogens is 1. The highest BCUT2D eigenvalue weighted by Crippen LogP contribution is 2.27. The van der Waals surface area contributed by atoms with Crippen molar-refractivity contribution < 1.29 is 18.3 Å². The van der Waals surface area contributed by atoms with E-state index in [1.807, 2.05) is 54.6 Å². The molecule has 0 radical (unpaired) electrons. The molecule has 1 aromatic heterocycles. The van der Waals surface area contributed by atoms with Crippen LogP contribution in [0, 0.1) is 0 Å². The number of aromatic amines is 1. The van der Waals surface area contributed by atoms with Gasteiger partial charge in [-0.3, -0.25) is 4.79 Å². The molecule has 30 heavy (non-hydrogen) atoms. The quantitative estimate of drug-likeness (QED) is 0.423. The topological polar surface area (TPSA) is 99.3 Å². The minimum atomic E-state index is -4.08. The lowest BCUT2D eigenvalue weighted by molar-refractivity contribution is -0.138. The number of aliphatic carboxylic acids is 1. The number of carboxylic acid groups (broad SMARTS) is 1. The Labute approximate surface area is 174 Å². The van der Waals surface area contributed by atoms with Crippen LogP contribution < -0.4 is 4.72 Å². The molecular formula is C23H20N2O4S. The van der Waals surface area contributed by atoms with Gasteiger partial charge in [0.15, 0.2) is 0 Å². The summed E-state index contributed by atoms with van der Waals surface area (Å²) >= 11 is 0. The first-order valence-corrected chi connectivity index (χ1v) is 10.9. The van der Waals surface area contributed by atoms with Gasteiger partial charge in [0.2, 0.25) is 10.0 Å². The van der Waals surface area contributed by atoms with Gasteiger partial charge in [0.25, 0.3) is 0 Å². The van der Waals surface area contributed by atoms with Gasteiger partial charge in [0, 0.05) is 29.1 Å². The number of benzene rings is 3. The molecule has 0 unspecified atom stereocenters. The van der Waals surface area contributed by atoms with Crippen molar-refractivity contribution >= 4 is 26.9 Å². The average Bonchev–Trinajstić information content (AvgIpc) is 3.17. The summed E-state index contributed by atoms with van der Waals surface area (Å²) in [4.78, 5) is 15.0. The number of aromatic nitrogens is 1. The van der Waals surface area contributed by atoms with Gasteiger partial charge in [0.1, 0.15) is 6.04 Å². The molecule has 3 N–H and O–H groups in total. The molecule has 6 nitrogen and oxygen atoms in total. The smallest absolute Gasteiger partial charge is 0.322 e. The highest BCUT2D eigenvalue weighted by atomic mass is 32.2. The zero-order valence-electron chi connectivity index (χ0n) is 15.9. The van der Waals surface area contributed by atoms with Crippen molar-refractivity contribution in [1.82, 2.24) is 9.71 Å². The Morgan fingerprint density at radius 2 is 1.60 bits per heavy atom. The molecule has 4 aromatic rings. The molecule has 0 aliphatic rings. The summed E-state index contributed by atoms with van der Waals surface area (Å²) in [6, 6.07) is 21.9. The summed E-state index contributed by atoms with van der Waals surface area (Å²) in [5.74, 6) is -1.24. The number of fused-ring (bicyclic) bond motifs is 1. The van der Waals surface area contributed by atoms with Gasteiger partial charge in [-0.15, -0.1) is 0 Å². The largest absolute Gasteiger partial charge is 0.480 e. The first-order valence-electron chi connectivity index (χ1n) is 9.40. The van der Waals surface area contributed by atoms with Crippen molar-refractivity contribution in [2.45, 2.75) is 17.4 Å². The minimum Gasteiger partial charge on any atom is -0.480 e. The highest BCUT2D eigenvalue weighted by Gasteiger charge is 2.28. The SMILES string of the molecule is O=C(O)[C@@H](Cc1c[nH]c2ccccc12)NS(=O)(=O)c1ccccc1-c1ccccc1. The van der Waals surface area contributed by atoms with E-state index in [0.29, 0.717) is 5.56 Å². The molecule has 7 heteroatoms. The van der Waals surface area contributed by atoms with Crippen molar-refractivity contribution in [1.29, 1.82) is 0 Å². The van der Waals surface area contributed by atoms with E-state index >= 15 is 0 Å². The fraction of sp³-hybridized carbons (Fsp3) is 0.0870. The third-order valence-corrected chi connectivity index (χ3v) is 6.49. The second-order valence-corrected chi connectivity index (χ2v) is 8.62. The number of para-hydroxylation sites is 1. The van der Waals surface area contributed by atoms with E-state index in [9.17, 15) is 18.3 Å². The number of carboxylic acids is 1. The Morgan fingerprint density at radius 1 is 0.933 bits per heavy atom. The lowest BCUT2D eigenvalue weighted by Crippen LogP contribution is -2.42. The van der Waals surface area contributed by atoms with Crippen LogP contribution in [0.15, 0.2) is 90.0 Å². The van der Waals surface area contributed by atoms with Crippen LogP contribution in [0.5, 0.6) is 0 Å². The number of rotatable bonds is 7. The molecule has 0 aliphatic heterocycles. The maximum Gasteiger partial charge on any atom is 0.322 e. The normalized spacial score (nSPS) is 12.7. The monoisotopic (exact) mass is 420 g/mol. The van der Waals surface area contributed by atoms with Crippen LogP contribution >= 0.6 is 0 Å². The second kappa shape index (κ2) is 8.14. The first kappa shape index (κ1) is 19.9. The number of nitrogens with one attached hydrogen (secondary N) is 2. The van der Waals surface area contributed by atoms with Crippen molar-refractivity contribution in [2.24, 2.45) is 0 Å². The molecule has 0 fully saturated rings. The van der Waals surface area contributed by atoms with Gasteiger partial charge in [0.05, 0.1) is 4.90 Å². The average molecular weight is 420 g/mol. The van der Waals surface area contributed by atoms with Crippen LogP contribution in [0.2, 0.25) is 0 Å². The Kier molecular flexibility index (Phi) is 5.39. The maximum atomic E-state index is 13.2. The van der Waals surface area contributed by atoms with E-state index in [0.717, 1.165) is 22.0 Å². The predicted octanol–water partition coefficient (Wildman–Crippen LogP) is 3.81. The molecule has 0 aliphatic carbocycles. The lowest BCUT2D eigenvalue weighted by Gasteiger charge is -2.17. The van der Waals surface area contributed by atoms with Gasteiger partial charge in [-0.1, -0.05) is 66.7 Å². The lowest BCUT2D eigenvalue weighted by atomic mass is 10.1. The van der Waals surface area contributed by atoms with Gasteiger partial charge >= 0.3 is 5.97 Å². The Bertz CT molecular complexity index is 1300. The molecule has 3 aromatic carbocycles. The number of sulfonamides is 1. The maximum absolute atomic E-state index is 13.2. The predicted molar refractivity (Wildman–Crippen MR) is 116 cm³/mol. The van der Waals surface area contributed by atoms with Crippen LogP contribution in [0.25, 0.3) is 22.0 Å². The summed E-state index contributed by atoms with van der Waals surface area (Å²) in [6.07, 6.45) is 1.74. The van der Waals surface area contributed by atoms with Crippen molar-refractivity contribution in [3.05, 3.63) is 90.6 Å². The zero-order valence-corrected chi connectivity index (χ0v) is 16.8. The first-order chi connectivity index (χ1) is 14.5. The van der Waals surface area contributed by atoms with Crippen molar-refractivity contribution in [2.75, 3.05) is 0 Å². The molecule has 0 saturated heterocycles. The molecule has 0 saturated carbocycles. The summed E-state index contributed by atoms with van der Waals surface area (Å²) < 4.78 is 28.7. The van der Waals surface area contributed by atoms with E-state index in [-0.39, 0.29) is 11.3 Å². The third-order valence-electron chi connectivity index (χ3n) is 4.96. The molecular weight excluding hydrogens is 400 g/mol. The van der Waals surface area contributed by atoms with Crippen LogP contribution in [-0.4, -0.2) is 30.5 Å². The minimum absolute atomic E-state index is 0.0199. The van der Waals surface area contributed by atoms with E-state index < -0.39 is 22.0 Å². The fourth-order valence-corrected chi connectivity index (χ4v) is 4.93. The zero-order chi connectivity index (χ0) is 21.1. The van der Waals surface area contributed by atoms with Crippen LogP contribution in [-0.2, 0) is 21.2 Å². The van der Waals surface area contributed by atoms with Crippen LogP contribution in [0.4, 0.5) is 0 Å². The van der Waals surface area contributed by atoms with E-state index in [1.165, 1.54) is 6.07 Å². The molecule has 0 amide bonds. The van der Waals surface area contributed by atoms with Crippen molar-refractivity contribution in [3.63, 3.8) is 0 Å². The molecule has 1 atom stereocenters. The van der Waals surface area contributed by atoms with Gasteiger partial charge in [-0.05, 0) is 23.3 Å². The standard InChI is InChI=1S/C23H20N2O4S/c26-23(27)21(14-17-15-24-20-12-6-4-10-18(17)20)25-30(28,29)22-13-7-5-11-19(22)16-8-2-1-3-9-16/h1-13,15,21,24-25H,14H2,(H,26,27)/t21-/m1/s1. The van der Waals surface area contributed by atoms with Crippen molar-refractivity contribution in [3.8, 4) is 11.1 Å². The van der Waals surface area contributed by atoms with Crippen LogP contribution in [0.3, 0.4) is 0 Å². The fourth-order valence-electron chi connectivity index (χ4n) is 3.51. The van der Waals surface area contributed by atoms with Gasteiger partial charge < -0.3 is 10.1 Å². The molecule has 1 heterocycles. The summed E-state index contributed by atoms with van der Waals surface area (Å²) in [6.45, 7) is 0. The number of carbonyl (C=O) groups is 1. The van der Waals surface area contributed by atoms with Crippen LogP contribution in [0.1, 0.15) is 5.56 Å². The summed E-state index contributed by atoms with van der Waals surface area (Å²) in [5.41, 5.74) is 2.86. The van der Waals surface area contributed by atoms with E-state index in [4.69, 9.17) is 0 Å². The number of hydrogen-bond acceptors (Lipinski definition) is 3. The molecule has 0 bridgehead atoms.